The zero-order valence-electron chi connectivity index (χ0n) is 10.4. The van der Waals surface area contributed by atoms with Crippen molar-refractivity contribution in [1.29, 1.82) is 0 Å². The summed E-state index contributed by atoms with van der Waals surface area (Å²) in [7, 11) is 0. The lowest BCUT2D eigenvalue weighted by atomic mass is 9.69. The molecule has 3 rings (SSSR count). The van der Waals surface area contributed by atoms with Crippen molar-refractivity contribution in [2.75, 3.05) is 13.3 Å². The predicted octanol–water partition coefficient (Wildman–Crippen LogP) is 2.28. The van der Waals surface area contributed by atoms with E-state index >= 15 is 0 Å². The fraction of sp³-hybridized carbons (Fsp3) is 0.571. The molecule has 0 saturated heterocycles. The highest BCUT2D eigenvalue weighted by atomic mass is 16.7. The van der Waals surface area contributed by atoms with E-state index < -0.39 is 0 Å². The van der Waals surface area contributed by atoms with Crippen molar-refractivity contribution in [2.45, 2.75) is 37.5 Å². The highest BCUT2D eigenvalue weighted by Gasteiger charge is 2.36. The Morgan fingerprint density at radius 1 is 1.11 bits per heavy atom. The molecule has 4 heteroatoms. The molecule has 0 amide bonds. The van der Waals surface area contributed by atoms with Crippen molar-refractivity contribution in [2.24, 2.45) is 5.73 Å². The lowest BCUT2D eigenvalue weighted by Gasteiger charge is -2.37. The van der Waals surface area contributed by atoms with E-state index in [0.29, 0.717) is 12.3 Å². The Balaban J connectivity index is 2.04. The molecule has 1 aliphatic heterocycles. The van der Waals surface area contributed by atoms with Gasteiger partial charge in [0, 0.05) is 23.6 Å². The fourth-order valence-corrected chi connectivity index (χ4v) is 3.17. The van der Waals surface area contributed by atoms with Crippen LogP contribution in [0.3, 0.4) is 0 Å². The van der Waals surface area contributed by atoms with Crippen LogP contribution in [-0.4, -0.2) is 18.4 Å². The Bertz CT molecular complexity index is 453. The largest absolute Gasteiger partial charge is 0.508 e. The second kappa shape index (κ2) is 4.35. The SMILES string of the molecule is NCC1(c2cc3c(cc2O)OCO3)CCCCC1. The monoisotopic (exact) mass is 249 g/mol. The van der Waals surface area contributed by atoms with Crippen molar-refractivity contribution in [3.05, 3.63) is 17.7 Å². The molecular weight excluding hydrogens is 230 g/mol. The van der Waals surface area contributed by atoms with E-state index in [1.165, 1.54) is 19.3 Å². The Labute approximate surface area is 107 Å². The number of hydrogen-bond donors (Lipinski definition) is 2. The second-order valence-corrected chi connectivity index (χ2v) is 5.27. The first kappa shape index (κ1) is 11.7. The Morgan fingerprint density at radius 2 is 1.78 bits per heavy atom. The number of ether oxygens (including phenoxy) is 2. The molecule has 0 aromatic heterocycles. The third-order valence-electron chi connectivity index (χ3n) is 4.26. The minimum atomic E-state index is -0.0939. The van der Waals surface area contributed by atoms with Gasteiger partial charge in [0.1, 0.15) is 5.75 Å². The van der Waals surface area contributed by atoms with Gasteiger partial charge < -0.3 is 20.3 Å². The summed E-state index contributed by atoms with van der Waals surface area (Å²) >= 11 is 0. The first-order valence-electron chi connectivity index (χ1n) is 6.58. The molecule has 1 aromatic carbocycles. The summed E-state index contributed by atoms with van der Waals surface area (Å²) in [5.41, 5.74) is 6.83. The van der Waals surface area contributed by atoms with Crippen LogP contribution in [0.2, 0.25) is 0 Å². The van der Waals surface area contributed by atoms with E-state index in [-0.39, 0.29) is 18.0 Å². The lowest BCUT2D eigenvalue weighted by Crippen LogP contribution is -2.37. The number of phenolic OH excluding ortho intramolecular Hbond substituents is 1. The van der Waals surface area contributed by atoms with Crippen LogP contribution in [0, 0.1) is 0 Å². The molecule has 2 aliphatic rings. The number of fused-ring (bicyclic) bond motifs is 1. The third kappa shape index (κ3) is 1.72. The van der Waals surface area contributed by atoms with Gasteiger partial charge in [-0.3, -0.25) is 0 Å². The fourth-order valence-electron chi connectivity index (χ4n) is 3.17. The Kier molecular flexibility index (Phi) is 2.82. The summed E-state index contributed by atoms with van der Waals surface area (Å²) in [4.78, 5) is 0. The normalized spacial score (nSPS) is 20.9. The summed E-state index contributed by atoms with van der Waals surface area (Å²) in [5.74, 6) is 1.63. The van der Waals surface area contributed by atoms with Crippen LogP contribution >= 0.6 is 0 Å². The zero-order chi connectivity index (χ0) is 12.6. The maximum absolute atomic E-state index is 10.2. The molecule has 1 saturated carbocycles. The van der Waals surface area contributed by atoms with Crippen LogP contribution in [0.5, 0.6) is 17.2 Å². The molecule has 4 nitrogen and oxygen atoms in total. The van der Waals surface area contributed by atoms with Crippen molar-refractivity contribution in [1.82, 2.24) is 0 Å². The molecule has 3 N–H and O–H groups in total. The summed E-state index contributed by atoms with van der Waals surface area (Å²) in [6.07, 6.45) is 5.68. The molecule has 0 radical (unpaired) electrons. The smallest absolute Gasteiger partial charge is 0.231 e. The van der Waals surface area contributed by atoms with Crippen LogP contribution in [0.4, 0.5) is 0 Å². The number of phenols is 1. The van der Waals surface area contributed by atoms with Crippen molar-refractivity contribution in [3.63, 3.8) is 0 Å². The molecular formula is C14H19NO3. The standard InChI is InChI=1S/C14H19NO3/c15-8-14(4-2-1-3-5-14)10-6-12-13(7-11(10)16)18-9-17-12/h6-7,16H,1-5,8-9,15H2. The topological polar surface area (TPSA) is 64.7 Å². The van der Waals surface area contributed by atoms with Crippen LogP contribution in [0.25, 0.3) is 0 Å². The van der Waals surface area contributed by atoms with E-state index in [2.05, 4.69) is 0 Å². The minimum absolute atomic E-state index is 0.0939. The van der Waals surface area contributed by atoms with Crippen LogP contribution in [-0.2, 0) is 5.41 Å². The molecule has 1 fully saturated rings. The van der Waals surface area contributed by atoms with E-state index in [4.69, 9.17) is 15.2 Å². The van der Waals surface area contributed by atoms with E-state index in [0.717, 1.165) is 24.2 Å². The van der Waals surface area contributed by atoms with Crippen LogP contribution in [0.15, 0.2) is 12.1 Å². The van der Waals surface area contributed by atoms with Gasteiger partial charge >= 0.3 is 0 Å². The van der Waals surface area contributed by atoms with E-state index in [1.807, 2.05) is 6.07 Å². The predicted molar refractivity (Wildman–Crippen MR) is 68.0 cm³/mol. The van der Waals surface area contributed by atoms with E-state index in [1.54, 1.807) is 6.07 Å². The van der Waals surface area contributed by atoms with Gasteiger partial charge in [-0.25, -0.2) is 0 Å². The Hall–Kier alpha value is -1.42. The number of benzene rings is 1. The molecule has 1 aliphatic carbocycles. The molecule has 0 atom stereocenters. The van der Waals surface area contributed by atoms with Crippen LogP contribution in [0.1, 0.15) is 37.7 Å². The molecule has 18 heavy (non-hydrogen) atoms. The zero-order valence-corrected chi connectivity index (χ0v) is 10.4. The summed E-state index contributed by atoms with van der Waals surface area (Å²) in [5, 5.41) is 10.2. The van der Waals surface area contributed by atoms with Gasteiger partial charge in [0.15, 0.2) is 11.5 Å². The molecule has 1 aromatic rings. The molecule has 0 bridgehead atoms. The summed E-state index contributed by atoms with van der Waals surface area (Å²) < 4.78 is 10.7. The highest BCUT2D eigenvalue weighted by molar-refractivity contribution is 5.54. The average molecular weight is 249 g/mol. The number of hydrogen-bond acceptors (Lipinski definition) is 4. The average Bonchev–Trinajstić information content (AvgIpc) is 2.85. The summed E-state index contributed by atoms with van der Waals surface area (Å²) in [6.45, 7) is 0.800. The van der Waals surface area contributed by atoms with Gasteiger partial charge in [0.2, 0.25) is 6.79 Å². The Morgan fingerprint density at radius 3 is 2.44 bits per heavy atom. The quantitative estimate of drug-likeness (QED) is 0.844. The van der Waals surface area contributed by atoms with Gasteiger partial charge in [-0.2, -0.15) is 0 Å². The van der Waals surface area contributed by atoms with Gasteiger partial charge in [0.05, 0.1) is 0 Å². The molecule has 98 valence electrons. The van der Waals surface area contributed by atoms with Gasteiger partial charge in [-0.05, 0) is 18.9 Å². The first-order valence-corrected chi connectivity index (χ1v) is 6.58. The highest BCUT2D eigenvalue weighted by Crippen LogP contribution is 2.47. The van der Waals surface area contributed by atoms with Gasteiger partial charge in [0.25, 0.3) is 0 Å². The van der Waals surface area contributed by atoms with Gasteiger partial charge in [-0.1, -0.05) is 19.3 Å². The van der Waals surface area contributed by atoms with E-state index in [9.17, 15) is 5.11 Å². The molecule has 0 spiro atoms. The number of rotatable bonds is 2. The maximum atomic E-state index is 10.2. The third-order valence-corrected chi connectivity index (χ3v) is 4.26. The summed E-state index contributed by atoms with van der Waals surface area (Å²) in [6, 6.07) is 3.57. The maximum Gasteiger partial charge on any atom is 0.231 e. The van der Waals surface area contributed by atoms with Gasteiger partial charge in [-0.15, -0.1) is 0 Å². The van der Waals surface area contributed by atoms with Crippen molar-refractivity contribution < 1.29 is 14.6 Å². The number of aromatic hydroxyl groups is 1. The first-order chi connectivity index (χ1) is 8.75. The molecule has 1 heterocycles. The second-order valence-electron chi connectivity index (χ2n) is 5.27. The number of nitrogens with two attached hydrogens (primary N) is 1. The molecule has 0 unspecified atom stereocenters. The van der Waals surface area contributed by atoms with Crippen molar-refractivity contribution in [3.8, 4) is 17.2 Å². The van der Waals surface area contributed by atoms with Crippen molar-refractivity contribution >= 4 is 0 Å². The lowest BCUT2D eigenvalue weighted by molar-refractivity contribution is 0.173. The van der Waals surface area contributed by atoms with Crippen LogP contribution < -0.4 is 15.2 Å². The minimum Gasteiger partial charge on any atom is -0.508 e.